The summed E-state index contributed by atoms with van der Waals surface area (Å²) in [4.78, 5) is 0. The van der Waals surface area contributed by atoms with Crippen molar-refractivity contribution < 1.29 is 10.2 Å². The molecule has 3 N–H and O–H groups in total. The molecule has 0 bridgehead atoms. The van der Waals surface area contributed by atoms with E-state index in [-0.39, 0.29) is 0 Å². The van der Waals surface area contributed by atoms with Crippen LogP contribution in [0.3, 0.4) is 0 Å². The van der Waals surface area contributed by atoms with Gasteiger partial charge in [-0.25, -0.2) is 0 Å². The lowest BCUT2D eigenvalue weighted by Crippen LogP contribution is -2.27. The van der Waals surface area contributed by atoms with E-state index < -0.39 is 0 Å². The minimum atomic E-state index is 0.315. The Bertz CT molecular complexity index is 153. The van der Waals surface area contributed by atoms with Gasteiger partial charge in [0.05, 0.1) is 0 Å². The van der Waals surface area contributed by atoms with Gasteiger partial charge in [-0.2, -0.15) is 0 Å². The Labute approximate surface area is 92.9 Å². The van der Waals surface area contributed by atoms with Crippen molar-refractivity contribution in [3.05, 3.63) is 0 Å². The summed E-state index contributed by atoms with van der Waals surface area (Å²) >= 11 is 0. The maximum absolute atomic E-state index is 9.15. The molecule has 1 fully saturated rings. The van der Waals surface area contributed by atoms with Crippen LogP contribution in [0.5, 0.6) is 0 Å². The van der Waals surface area contributed by atoms with Gasteiger partial charge in [-0.1, -0.05) is 6.42 Å². The molecule has 1 aliphatic carbocycles. The van der Waals surface area contributed by atoms with E-state index in [1.807, 2.05) is 0 Å². The van der Waals surface area contributed by atoms with Crippen molar-refractivity contribution in [2.24, 2.45) is 11.8 Å². The van der Waals surface area contributed by atoms with Gasteiger partial charge in [-0.05, 0) is 57.0 Å². The predicted octanol–water partition coefficient (Wildman–Crippen LogP) is 1.15. The van der Waals surface area contributed by atoms with Gasteiger partial charge in [-0.3, -0.25) is 0 Å². The van der Waals surface area contributed by atoms with E-state index in [4.69, 9.17) is 10.2 Å². The second-order valence-electron chi connectivity index (χ2n) is 4.62. The largest absolute Gasteiger partial charge is 0.396 e. The molecule has 0 amide bonds. The standard InChI is InChI=1S/C12H25NO2/c14-8-3-1-2-7-13-9-11-5-4-6-12(11)10-15/h11-15H,1-10H2. The molecule has 1 rings (SSSR count). The van der Waals surface area contributed by atoms with E-state index in [1.165, 1.54) is 19.3 Å². The van der Waals surface area contributed by atoms with Crippen LogP contribution in [-0.2, 0) is 0 Å². The Morgan fingerprint density at radius 3 is 2.53 bits per heavy atom. The average Bonchev–Trinajstić information content (AvgIpc) is 2.70. The zero-order valence-corrected chi connectivity index (χ0v) is 9.62. The minimum absolute atomic E-state index is 0.315. The molecule has 90 valence electrons. The molecule has 0 radical (unpaired) electrons. The zero-order chi connectivity index (χ0) is 10.9. The fraction of sp³-hybridized carbons (Fsp3) is 1.00. The van der Waals surface area contributed by atoms with Gasteiger partial charge in [-0.15, -0.1) is 0 Å². The Kier molecular flexibility index (Phi) is 6.98. The van der Waals surface area contributed by atoms with E-state index in [0.717, 1.165) is 32.4 Å². The summed E-state index contributed by atoms with van der Waals surface area (Å²) < 4.78 is 0. The first-order valence-electron chi connectivity index (χ1n) is 6.31. The molecule has 15 heavy (non-hydrogen) atoms. The van der Waals surface area contributed by atoms with Crippen molar-refractivity contribution in [1.29, 1.82) is 0 Å². The number of hydrogen-bond acceptors (Lipinski definition) is 3. The fourth-order valence-corrected chi connectivity index (χ4v) is 2.45. The molecule has 2 atom stereocenters. The Hall–Kier alpha value is -0.120. The zero-order valence-electron chi connectivity index (χ0n) is 9.62. The van der Waals surface area contributed by atoms with Gasteiger partial charge in [0.1, 0.15) is 0 Å². The molecule has 1 aliphatic rings. The monoisotopic (exact) mass is 215 g/mol. The molecule has 1 saturated carbocycles. The van der Waals surface area contributed by atoms with Crippen LogP contribution < -0.4 is 5.32 Å². The lowest BCUT2D eigenvalue weighted by Gasteiger charge is -2.17. The molecule has 2 unspecified atom stereocenters. The molecule has 0 aromatic heterocycles. The molecule has 0 saturated heterocycles. The second kappa shape index (κ2) is 8.08. The van der Waals surface area contributed by atoms with E-state index in [2.05, 4.69) is 5.32 Å². The molecule has 3 nitrogen and oxygen atoms in total. The van der Waals surface area contributed by atoms with E-state index in [9.17, 15) is 0 Å². The van der Waals surface area contributed by atoms with Gasteiger partial charge in [0, 0.05) is 13.2 Å². The highest BCUT2D eigenvalue weighted by molar-refractivity contribution is 4.78. The second-order valence-corrected chi connectivity index (χ2v) is 4.62. The van der Waals surface area contributed by atoms with Crippen LogP contribution in [0.1, 0.15) is 38.5 Å². The normalized spacial score (nSPS) is 26.0. The average molecular weight is 215 g/mol. The van der Waals surface area contributed by atoms with Crippen LogP contribution in [0.15, 0.2) is 0 Å². The van der Waals surface area contributed by atoms with Gasteiger partial charge in [0.15, 0.2) is 0 Å². The number of aliphatic hydroxyl groups excluding tert-OH is 2. The van der Waals surface area contributed by atoms with Crippen molar-refractivity contribution in [2.75, 3.05) is 26.3 Å². The summed E-state index contributed by atoms with van der Waals surface area (Å²) in [5.74, 6) is 1.22. The first-order valence-corrected chi connectivity index (χ1v) is 6.31. The van der Waals surface area contributed by atoms with E-state index >= 15 is 0 Å². The smallest absolute Gasteiger partial charge is 0.0462 e. The summed E-state index contributed by atoms with van der Waals surface area (Å²) in [6.45, 7) is 2.78. The van der Waals surface area contributed by atoms with E-state index in [0.29, 0.717) is 25.0 Å². The summed E-state index contributed by atoms with van der Waals surface area (Å²) in [5.41, 5.74) is 0. The maximum atomic E-state index is 9.15. The summed E-state index contributed by atoms with van der Waals surface area (Å²) in [5, 5.41) is 21.2. The fourth-order valence-electron chi connectivity index (χ4n) is 2.45. The topological polar surface area (TPSA) is 52.5 Å². The molecule has 0 spiro atoms. The number of rotatable bonds is 8. The van der Waals surface area contributed by atoms with Crippen LogP contribution in [0.4, 0.5) is 0 Å². The lowest BCUT2D eigenvalue weighted by atomic mass is 9.97. The highest BCUT2D eigenvalue weighted by Crippen LogP contribution is 2.30. The molecular formula is C12H25NO2. The molecule has 0 aliphatic heterocycles. The summed E-state index contributed by atoms with van der Waals surface area (Å²) in [7, 11) is 0. The van der Waals surface area contributed by atoms with Gasteiger partial charge in [0.2, 0.25) is 0 Å². The Morgan fingerprint density at radius 1 is 1.00 bits per heavy atom. The van der Waals surface area contributed by atoms with Crippen molar-refractivity contribution in [2.45, 2.75) is 38.5 Å². The third kappa shape index (κ3) is 4.96. The number of aliphatic hydroxyl groups is 2. The van der Waals surface area contributed by atoms with Gasteiger partial charge >= 0.3 is 0 Å². The predicted molar refractivity (Wildman–Crippen MR) is 61.7 cm³/mol. The maximum Gasteiger partial charge on any atom is 0.0462 e. The third-order valence-electron chi connectivity index (χ3n) is 3.47. The minimum Gasteiger partial charge on any atom is -0.396 e. The van der Waals surface area contributed by atoms with Gasteiger partial charge in [0.25, 0.3) is 0 Å². The quantitative estimate of drug-likeness (QED) is 0.532. The summed E-state index contributed by atoms with van der Waals surface area (Å²) in [6, 6.07) is 0. The third-order valence-corrected chi connectivity index (χ3v) is 3.47. The number of unbranched alkanes of at least 4 members (excludes halogenated alkanes) is 2. The van der Waals surface area contributed by atoms with Crippen LogP contribution in [0.25, 0.3) is 0 Å². The highest BCUT2D eigenvalue weighted by atomic mass is 16.3. The molecular weight excluding hydrogens is 190 g/mol. The Balaban J connectivity index is 1.95. The Morgan fingerprint density at radius 2 is 1.80 bits per heavy atom. The SMILES string of the molecule is OCCCCCNCC1CCCC1CO. The van der Waals surface area contributed by atoms with Crippen molar-refractivity contribution in [3.8, 4) is 0 Å². The number of nitrogens with one attached hydrogen (secondary N) is 1. The van der Waals surface area contributed by atoms with Crippen molar-refractivity contribution in [3.63, 3.8) is 0 Å². The highest BCUT2D eigenvalue weighted by Gasteiger charge is 2.25. The van der Waals surface area contributed by atoms with Crippen molar-refractivity contribution >= 4 is 0 Å². The van der Waals surface area contributed by atoms with Crippen molar-refractivity contribution in [1.82, 2.24) is 5.32 Å². The molecule has 0 heterocycles. The molecule has 0 aromatic rings. The van der Waals surface area contributed by atoms with E-state index in [1.54, 1.807) is 0 Å². The molecule has 0 aromatic carbocycles. The van der Waals surface area contributed by atoms with Crippen LogP contribution in [0.2, 0.25) is 0 Å². The van der Waals surface area contributed by atoms with Crippen LogP contribution in [0, 0.1) is 11.8 Å². The van der Waals surface area contributed by atoms with Crippen LogP contribution >= 0.6 is 0 Å². The molecule has 3 heteroatoms. The summed E-state index contributed by atoms with van der Waals surface area (Å²) in [6.07, 6.45) is 6.93. The first-order chi connectivity index (χ1) is 7.38. The van der Waals surface area contributed by atoms with Crippen LogP contribution in [-0.4, -0.2) is 36.5 Å². The lowest BCUT2D eigenvalue weighted by molar-refractivity contribution is 0.192. The first kappa shape index (κ1) is 12.9. The number of hydrogen-bond donors (Lipinski definition) is 3. The van der Waals surface area contributed by atoms with Gasteiger partial charge < -0.3 is 15.5 Å².